The molecule has 3 rings (SSSR count). The number of phenols is 1. The highest BCUT2D eigenvalue weighted by molar-refractivity contribution is 5.71. The fourth-order valence-corrected chi connectivity index (χ4v) is 3.12. The summed E-state index contributed by atoms with van der Waals surface area (Å²) >= 11 is 0. The van der Waals surface area contributed by atoms with Gasteiger partial charge in [-0.15, -0.1) is 10.2 Å². The molecule has 1 heterocycles. The van der Waals surface area contributed by atoms with Crippen LogP contribution in [0.1, 0.15) is 24.0 Å². The third-order valence-corrected chi connectivity index (χ3v) is 4.48. The van der Waals surface area contributed by atoms with Gasteiger partial charge in [0.2, 0.25) is 0 Å². The van der Waals surface area contributed by atoms with Gasteiger partial charge in [0.15, 0.2) is 0 Å². The fraction of sp³-hybridized carbons (Fsp3) is 0.412. The summed E-state index contributed by atoms with van der Waals surface area (Å²) in [7, 11) is 0. The number of aromatic hydroxyl groups is 1. The SMILES string of the molecule is Cc1cc(C(F)(F)F)cc(O)c1-c1ccc(N[C@@H]2CC[C@@H](O)[C@@H]2O)nn1. The third-order valence-electron chi connectivity index (χ3n) is 4.48. The van der Waals surface area contributed by atoms with E-state index in [4.69, 9.17) is 0 Å². The topological polar surface area (TPSA) is 98.5 Å². The smallest absolute Gasteiger partial charge is 0.416 e. The van der Waals surface area contributed by atoms with Gasteiger partial charge in [0.25, 0.3) is 0 Å². The molecule has 1 aromatic carbocycles. The molecule has 140 valence electrons. The van der Waals surface area contributed by atoms with Crippen molar-refractivity contribution in [3.8, 4) is 17.0 Å². The lowest BCUT2D eigenvalue weighted by Gasteiger charge is -2.18. The summed E-state index contributed by atoms with van der Waals surface area (Å²) in [4.78, 5) is 0. The summed E-state index contributed by atoms with van der Waals surface area (Å²) in [6.07, 6.45) is -5.19. The van der Waals surface area contributed by atoms with Crippen molar-refractivity contribution in [2.45, 2.75) is 44.2 Å². The van der Waals surface area contributed by atoms with E-state index in [2.05, 4.69) is 15.5 Å². The normalized spacial score (nSPS) is 23.2. The maximum Gasteiger partial charge on any atom is 0.416 e. The number of hydrogen-bond donors (Lipinski definition) is 4. The van der Waals surface area contributed by atoms with Crippen molar-refractivity contribution in [1.82, 2.24) is 10.2 Å². The van der Waals surface area contributed by atoms with E-state index in [9.17, 15) is 28.5 Å². The summed E-state index contributed by atoms with van der Waals surface area (Å²) < 4.78 is 38.4. The highest BCUT2D eigenvalue weighted by Crippen LogP contribution is 2.38. The molecule has 0 radical (unpaired) electrons. The van der Waals surface area contributed by atoms with Crippen LogP contribution in [0.25, 0.3) is 11.3 Å². The number of aryl methyl sites for hydroxylation is 1. The molecule has 3 atom stereocenters. The maximum atomic E-state index is 12.8. The van der Waals surface area contributed by atoms with Crippen LogP contribution in [0, 0.1) is 6.92 Å². The Morgan fingerprint density at radius 2 is 1.85 bits per heavy atom. The number of rotatable bonds is 3. The molecule has 2 aromatic rings. The third kappa shape index (κ3) is 3.58. The first-order valence-corrected chi connectivity index (χ1v) is 8.04. The predicted molar refractivity (Wildman–Crippen MR) is 87.5 cm³/mol. The summed E-state index contributed by atoms with van der Waals surface area (Å²) in [6, 6.07) is 4.32. The number of hydrogen-bond acceptors (Lipinski definition) is 6. The van der Waals surface area contributed by atoms with Gasteiger partial charge >= 0.3 is 6.18 Å². The van der Waals surface area contributed by atoms with E-state index in [1.54, 1.807) is 6.07 Å². The van der Waals surface area contributed by atoms with Gasteiger partial charge in [-0.05, 0) is 49.6 Å². The number of benzene rings is 1. The molecule has 1 fully saturated rings. The Morgan fingerprint density at radius 1 is 1.12 bits per heavy atom. The Morgan fingerprint density at radius 3 is 2.35 bits per heavy atom. The van der Waals surface area contributed by atoms with E-state index in [-0.39, 0.29) is 22.9 Å². The number of aliphatic hydroxyl groups excluding tert-OH is 2. The molecular weight excluding hydrogens is 351 g/mol. The molecule has 1 saturated carbocycles. The van der Waals surface area contributed by atoms with E-state index < -0.39 is 29.7 Å². The zero-order valence-electron chi connectivity index (χ0n) is 13.8. The van der Waals surface area contributed by atoms with Gasteiger partial charge in [0.1, 0.15) is 11.6 Å². The Kier molecular flexibility index (Phi) is 4.76. The maximum absolute atomic E-state index is 12.8. The largest absolute Gasteiger partial charge is 0.507 e. The van der Waals surface area contributed by atoms with Crippen LogP contribution in [0.5, 0.6) is 5.75 Å². The summed E-state index contributed by atoms with van der Waals surface area (Å²) in [5, 5.41) is 40.2. The van der Waals surface area contributed by atoms with Crippen molar-refractivity contribution >= 4 is 5.82 Å². The average Bonchev–Trinajstić information content (AvgIpc) is 2.87. The lowest BCUT2D eigenvalue weighted by molar-refractivity contribution is -0.137. The van der Waals surface area contributed by atoms with E-state index in [1.807, 2.05) is 0 Å². The number of aliphatic hydroxyl groups is 2. The van der Waals surface area contributed by atoms with Crippen LogP contribution in [0.4, 0.5) is 19.0 Å². The number of anilines is 1. The van der Waals surface area contributed by atoms with Crippen LogP contribution < -0.4 is 5.32 Å². The Labute approximate surface area is 147 Å². The minimum absolute atomic E-state index is 0.174. The van der Waals surface area contributed by atoms with Gasteiger partial charge in [-0.25, -0.2) is 0 Å². The van der Waals surface area contributed by atoms with Crippen LogP contribution in [-0.4, -0.2) is 43.8 Å². The van der Waals surface area contributed by atoms with Gasteiger partial charge < -0.3 is 20.6 Å². The quantitative estimate of drug-likeness (QED) is 0.664. The van der Waals surface area contributed by atoms with Crippen molar-refractivity contribution in [3.63, 3.8) is 0 Å². The molecule has 1 aliphatic rings. The molecule has 1 aromatic heterocycles. The average molecular weight is 369 g/mol. The van der Waals surface area contributed by atoms with Crippen molar-refractivity contribution in [1.29, 1.82) is 0 Å². The first kappa shape index (κ1) is 18.4. The molecule has 1 aliphatic carbocycles. The molecule has 0 spiro atoms. The summed E-state index contributed by atoms with van der Waals surface area (Å²) in [5.74, 6) is -0.169. The Bertz CT molecular complexity index is 773. The highest BCUT2D eigenvalue weighted by atomic mass is 19.4. The van der Waals surface area contributed by atoms with E-state index in [0.717, 1.165) is 6.07 Å². The van der Waals surface area contributed by atoms with Gasteiger partial charge in [-0.3, -0.25) is 0 Å². The van der Waals surface area contributed by atoms with Gasteiger partial charge in [0.05, 0.1) is 29.5 Å². The van der Waals surface area contributed by atoms with E-state index in [0.29, 0.717) is 24.7 Å². The predicted octanol–water partition coefficient (Wildman–Crippen LogP) is 2.47. The number of nitrogens with zero attached hydrogens (tertiary/aromatic N) is 2. The molecule has 4 N–H and O–H groups in total. The first-order chi connectivity index (χ1) is 12.2. The lowest BCUT2D eigenvalue weighted by Crippen LogP contribution is -2.34. The van der Waals surface area contributed by atoms with Gasteiger partial charge in [-0.2, -0.15) is 13.2 Å². The molecule has 6 nitrogen and oxygen atoms in total. The molecule has 9 heteroatoms. The highest BCUT2D eigenvalue weighted by Gasteiger charge is 2.34. The Hall–Kier alpha value is -2.39. The van der Waals surface area contributed by atoms with Crippen LogP contribution >= 0.6 is 0 Å². The summed E-state index contributed by atoms with van der Waals surface area (Å²) in [6.45, 7) is 1.45. The second-order valence-electron chi connectivity index (χ2n) is 6.37. The van der Waals surface area contributed by atoms with Crippen molar-refractivity contribution in [2.24, 2.45) is 0 Å². The molecule has 0 saturated heterocycles. The fourth-order valence-electron chi connectivity index (χ4n) is 3.12. The zero-order valence-corrected chi connectivity index (χ0v) is 13.8. The minimum atomic E-state index is -4.55. The minimum Gasteiger partial charge on any atom is -0.507 e. The number of phenolic OH excluding ortho intramolecular Hbond substituents is 1. The first-order valence-electron chi connectivity index (χ1n) is 8.04. The standard InChI is InChI=1S/C17H18F3N3O3/c1-8-6-9(17(18,19)20)7-13(25)15(8)10-3-5-14(23-22-10)21-11-2-4-12(24)16(11)26/h3,5-7,11-12,16,24-26H,2,4H2,1H3,(H,21,23)/t11-,12-,16-/m1/s1. The number of aromatic nitrogens is 2. The lowest BCUT2D eigenvalue weighted by atomic mass is 10.0. The van der Waals surface area contributed by atoms with Gasteiger partial charge in [0, 0.05) is 5.56 Å². The van der Waals surface area contributed by atoms with Crippen LogP contribution in [0.15, 0.2) is 24.3 Å². The van der Waals surface area contributed by atoms with E-state index in [1.165, 1.54) is 13.0 Å². The van der Waals surface area contributed by atoms with Crippen LogP contribution in [0.2, 0.25) is 0 Å². The van der Waals surface area contributed by atoms with Crippen molar-refractivity contribution in [2.75, 3.05) is 5.32 Å². The van der Waals surface area contributed by atoms with Crippen LogP contribution in [-0.2, 0) is 6.18 Å². The van der Waals surface area contributed by atoms with E-state index >= 15 is 0 Å². The number of nitrogens with one attached hydrogen (secondary N) is 1. The number of alkyl halides is 3. The number of halogens is 3. The molecule has 0 unspecified atom stereocenters. The molecule has 26 heavy (non-hydrogen) atoms. The second-order valence-corrected chi connectivity index (χ2v) is 6.37. The van der Waals surface area contributed by atoms with Gasteiger partial charge in [-0.1, -0.05) is 0 Å². The van der Waals surface area contributed by atoms with Crippen LogP contribution in [0.3, 0.4) is 0 Å². The summed E-state index contributed by atoms with van der Waals surface area (Å²) in [5.41, 5.74) is -0.308. The van der Waals surface area contributed by atoms with Crippen molar-refractivity contribution in [3.05, 3.63) is 35.4 Å². The monoisotopic (exact) mass is 369 g/mol. The van der Waals surface area contributed by atoms with Crippen molar-refractivity contribution < 1.29 is 28.5 Å². The second kappa shape index (κ2) is 6.73. The molecule has 0 amide bonds. The Balaban J connectivity index is 1.83. The molecule has 0 aliphatic heterocycles. The zero-order chi connectivity index (χ0) is 19.1. The molecular formula is C17H18F3N3O3. The molecule has 0 bridgehead atoms.